The summed E-state index contributed by atoms with van der Waals surface area (Å²) >= 11 is 0. The molecule has 0 N–H and O–H groups in total. The van der Waals surface area contributed by atoms with Gasteiger partial charge in [0.05, 0.1) is 15.9 Å². The van der Waals surface area contributed by atoms with Crippen LogP contribution in [0.1, 0.15) is 56.9 Å². The van der Waals surface area contributed by atoms with Crippen molar-refractivity contribution < 1.29 is 26.5 Å². The van der Waals surface area contributed by atoms with E-state index in [2.05, 4.69) is 61.6 Å². The van der Waals surface area contributed by atoms with Crippen LogP contribution in [-0.4, -0.2) is 5.97 Å². The second-order valence-corrected chi connectivity index (χ2v) is 12.2. The highest BCUT2D eigenvalue weighted by molar-refractivity contribution is 7.90. The fourth-order valence-corrected chi connectivity index (χ4v) is 10.5. The SMILES string of the molecule is CC1=C([P+](C2=CCC=CC2)(C2=CCC=CC2)C2=CCC=CC2)OC(=O)C1c1ccccc1.[Br-]. The molecule has 0 saturated carbocycles. The van der Waals surface area contributed by atoms with Crippen molar-refractivity contribution in [3.8, 4) is 0 Å². The number of hydrogen-bond acceptors (Lipinski definition) is 2. The fourth-order valence-electron chi connectivity index (χ4n) is 5.43. The number of cyclic esters (lactones) is 1. The van der Waals surface area contributed by atoms with Crippen LogP contribution in [0.4, 0.5) is 0 Å². The van der Waals surface area contributed by atoms with Gasteiger partial charge in [0.1, 0.15) is 5.92 Å². The predicted octanol–water partition coefficient (Wildman–Crippen LogP) is 5.28. The molecular formula is C29H30BrO2P. The predicted molar refractivity (Wildman–Crippen MR) is 134 cm³/mol. The molecule has 0 fully saturated rings. The van der Waals surface area contributed by atoms with Crippen molar-refractivity contribution in [2.45, 2.75) is 51.4 Å². The zero-order chi connectivity index (χ0) is 22.0. The standard InChI is InChI=1S/C29H30O2P.BrH/c1-22-27(23-14-6-2-7-15-23)28(30)31-29(22)32(24-16-8-3-9-17-24,25-18-10-4-11-19-25)26-20-12-5-13-21-26;/h2-8,10,12,14-15,17,19,21,27H,9,11,13,16,18,20H2,1H3;1H/q+1;/p-1. The molecule has 170 valence electrons. The lowest BCUT2D eigenvalue weighted by Crippen LogP contribution is -3.00. The third-order valence-electron chi connectivity index (χ3n) is 6.88. The normalized spacial score (nSPS) is 22.4. The van der Waals surface area contributed by atoms with Gasteiger partial charge in [-0.25, -0.2) is 0 Å². The Labute approximate surface area is 208 Å². The van der Waals surface area contributed by atoms with Crippen LogP contribution in [0.2, 0.25) is 0 Å². The molecule has 0 bridgehead atoms. The molecule has 1 aliphatic heterocycles. The number of hydrogen-bond donors (Lipinski definition) is 0. The van der Waals surface area contributed by atoms with E-state index in [-0.39, 0.29) is 28.9 Å². The number of carbonyl (C=O) groups excluding carboxylic acids is 1. The summed E-state index contributed by atoms with van der Waals surface area (Å²) in [5, 5.41) is 4.37. The van der Waals surface area contributed by atoms with Crippen molar-refractivity contribution in [1.29, 1.82) is 0 Å². The van der Waals surface area contributed by atoms with E-state index in [1.807, 2.05) is 30.3 Å². The maximum Gasteiger partial charge on any atom is 0.325 e. The van der Waals surface area contributed by atoms with E-state index in [1.54, 1.807) is 0 Å². The number of carbonyl (C=O) groups is 1. The van der Waals surface area contributed by atoms with Gasteiger partial charge in [0.25, 0.3) is 5.50 Å². The van der Waals surface area contributed by atoms with Gasteiger partial charge >= 0.3 is 5.97 Å². The number of rotatable bonds is 5. The summed E-state index contributed by atoms with van der Waals surface area (Å²) in [5.41, 5.74) is 3.08. The first-order valence-electron chi connectivity index (χ1n) is 11.6. The van der Waals surface area contributed by atoms with Gasteiger partial charge in [0.15, 0.2) is 7.26 Å². The van der Waals surface area contributed by atoms with Gasteiger partial charge < -0.3 is 21.7 Å². The Morgan fingerprint density at radius 1 is 0.758 bits per heavy atom. The minimum absolute atomic E-state index is 0. The monoisotopic (exact) mass is 520 g/mol. The molecule has 4 heteroatoms. The molecule has 33 heavy (non-hydrogen) atoms. The van der Waals surface area contributed by atoms with Crippen LogP contribution in [-0.2, 0) is 9.53 Å². The van der Waals surface area contributed by atoms with E-state index in [1.165, 1.54) is 15.9 Å². The Balaban J connectivity index is 0.00000259. The quantitative estimate of drug-likeness (QED) is 0.300. The first-order valence-corrected chi connectivity index (χ1v) is 13.4. The Bertz CT molecular complexity index is 1050. The average molecular weight is 521 g/mol. The number of benzene rings is 1. The first kappa shape index (κ1) is 23.9. The van der Waals surface area contributed by atoms with Crippen molar-refractivity contribution in [1.82, 2.24) is 0 Å². The molecule has 4 aliphatic rings. The summed E-state index contributed by atoms with van der Waals surface area (Å²) in [5.74, 6) is -0.441. The van der Waals surface area contributed by atoms with Crippen LogP contribution in [0.3, 0.4) is 0 Å². The minimum Gasteiger partial charge on any atom is -1.00 e. The van der Waals surface area contributed by atoms with Gasteiger partial charge in [-0.15, -0.1) is 0 Å². The third kappa shape index (κ3) is 4.22. The van der Waals surface area contributed by atoms with Gasteiger partial charge in [0, 0.05) is 24.8 Å². The Morgan fingerprint density at radius 2 is 1.24 bits per heavy atom. The number of halogens is 1. The van der Waals surface area contributed by atoms with E-state index in [0.29, 0.717) is 0 Å². The topological polar surface area (TPSA) is 26.3 Å². The van der Waals surface area contributed by atoms with Crippen molar-refractivity contribution in [2.24, 2.45) is 0 Å². The molecule has 1 aromatic rings. The Kier molecular flexibility index (Phi) is 7.51. The molecule has 1 atom stereocenters. The molecule has 5 rings (SSSR count). The molecule has 0 radical (unpaired) electrons. The Hall–Kier alpha value is -2.22. The molecule has 1 heterocycles. The van der Waals surface area contributed by atoms with Crippen molar-refractivity contribution in [3.05, 3.63) is 118 Å². The van der Waals surface area contributed by atoms with Crippen LogP contribution < -0.4 is 17.0 Å². The lowest BCUT2D eigenvalue weighted by atomic mass is 9.94. The molecule has 1 unspecified atom stereocenters. The molecule has 0 spiro atoms. The highest BCUT2D eigenvalue weighted by Gasteiger charge is 2.59. The second-order valence-electron chi connectivity index (χ2n) is 8.74. The van der Waals surface area contributed by atoms with E-state index in [4.69, 9.17) is 4.74 Å². The maximum absolute atomic E-state index is 13.3. The van der Waals surface area contributed by atoms with Crippen LogP contribution in [0.5, 0.6) is 0 Å². The van der Waals surface area contributed by atoms with E-state index >= 15 is 0 Å². The van der Waals surface area contributed by atoms with Gasteiger partial charge in [-0.1, -0.05) is 66.8 Å². The molecular weight excluding hydrogens is 491 g/mol. The summed E-state index contributed by atoms with van der Waals surface area (Å²) in [4.78, 5) is 13.3. The number of ether oxygens (including phenoxy) is 1. The van der Waals surface area contributed by atoms with Gasteiger partial charge in [-0.3, -0.25) is 4.79 Å². The summed E-state index contributed by atoms with van der Waals surface area (Å²) in [6.45, 7) is 2.13. The summed E-state index contributed by atoms with van der Waals surface area (Å²) < 4.78 is 6.36. The fraction of sp³-hybridized carbons (Fsp3) is 0.276. The van der Waals surface area contributed by atoms with E-state index in [0.717, 1.165) is 55.2 Å². The molecule has 2 nitrogen and oxygen atoms in total. The second kappa shape index (κ2) is 10.4. The van der Waals surface area contributed by atoms with E-state index < -0.39 is 7.26 Å². The number of esters is 1. The van der Waals surface area contributed by atoms with Crippen LogP contribution in [0, 0.1) is 0 Å². The highest BCUT2D eigenvalue weighted by atomic mass is 79.9. The molecule has 3 aliphatic carbocycles. The molecule has 1 aromatic carbocycles. The summed E-state index contributed by atoms with van der Waals surface area (Å²) in [6, 6.07) is 10.1. The summed E-state index contributed by atoms with van der Waals surface area (Å²) in [7, 11) is -2.16. The van der Waals surface area contributed by atoms with Crippen molar-refractivity contribution in [3.63, 3.8) is 0 Å². The van der Waals surface area contributed by atoms with Crippen LogP contribution in [0.15, 0.2) is 112 Å². The highest BCUT2D eigenvalue weighted by Crippen LogP contribution is 2.86. The molecule has 0 saturated heterocycles. The van der Waals surface area contributed by atoms with Gasteiger partial charge in [-0.05, 0) is 50.0 Å². The zero-order valence-electron chi connectivity index (χ0n) is 19.0. The third-order valence-corrected chi connectivity index (χ3v) is 11.6. The molecule has 0 amide bonds. The molecule has 0 aromatic heterocycles. The Morgan fingerprint density at radius 3 is 1.67 bits per heavy atom. The average Bonchev–Trinajstić information content (AvgIpc) is 3.16. The lowest BCUT2D eigenvalue weighted by molar-refractivity contribution is -0.137. The lowest BCUT2D eigenvalue weighted by Gasteiger charge is -2.34. The van der Waals surface area contributed by atoms with Crippen molar-refractivity contribution >= 4 is 13.2 Å². The number of allylic oxidation sites excluding steroid dienone is 12. The largest absolute Gasteiger partial charge is 1.00 e. The first-order chi connectivity index (χ1) is 15.7. The minimum atomic E-state index is -2.16. The maximum atomic E-state index is 13.3. The van der Waals surface area contributed by atoms with Gasteiger partial charge in [-0.2, -0.15) is 0 Å². The summed E-state index contributed by atoms with van der Waals surface area (Å²) in [6.07, 6.45) is 26.5. The van der Waals surface area contributed by atoms with Crippen LogP contribution >= 0.6 is 7.26 Å². The van der Waals surface area contributed by atoms with Gasteiger partial charge in [0.2, 0.25) is 0 Å². The van der Waals surface area contributed by atoms with E-state index in [9.17, 15) is 4.79 Å². The van der Waals surface area contributed by atoms with Crippen molar-refractivity contribution in [2.75, 3.05) is 0 Å². The zero-order valence-corrected chi connectivity index (χ0v) is 21.5. The smallest absolute Gasteiger partial charge is 0.325 e. The van der Waals surface area contributed by atoms with Crippen LogP contribution in [0.25, 0.3) is 0 Å².